The van der Waals surface area contributed by atoms with Crippen LogP contribution in [0.15, 0.2) is 28.8 Å². The summed E-state index contributed by atoms with van der Waals surface area (Å²) >= 11 is 0. The lowest BCUT2D eigenvalue weighted by Gasteiger charge is -2.34. The molecule has 1 aliphatic heterocycles. The molecule has 1 aromatic carbocycles. The predicted octanol–water partition coefficient (Wildman–Crippen LogP) is 1.07. The summed E-state index contributed by atoms with van der Waals surface area (Å²) < 4.78 is 10.5. The molecule has 7 heteroatoms. The maximum Gasteiger partial charge on any atom is 0.334 e. The average Bonchev–Trinajstić information content (AvgIpc) is 2.90. The van der Waals surface area contributed by atoms with Gasteiger partial charge >= 0.3 is 5.97 Å². The number of para-hydroxylation sites is 1. The molecule has 1 aromatic heterocycles. The number of aromatic nitrogens is 1. The van der Waals surface area contributed by atoms with Crippen molar-refractivity contribution in [2.24, 2.45) is 0 Å². The molecule has 1 aliphatic rings. The first-order valence-electron chi connectivity index (χ1n) is 7.04. The third-order valence-electron chi connectivity index (χ3n) is 3.66. The molecular formula is C15H16N2O5. The topological polar surface area (TPSA) is 92.9 Å². The summed E-state index contributed by atoms with van der Waals surface area (Å²) in [5.41, 5.74) is 1.19. The van der Waals surface area contributed by atoms with E-state index in [1.54, 1.807) is 13.0 Å². The molecule has 0 bridgehead atoms. The first kappa shape index (κ1) is 14.5. The van der Waals surface area contributed by atoms with Gasteiger partial charge in [0.2, 0.25) is 5.91 Å². The second-order valence-electron chi connectivity index (χ2n) is 5.37. The van der Waals surface area contributed by atoms with Gasteiger partial charge in [-0.1, -0.05) is 17.3 Å². The zero-order valence-electron chi connectivity index (χ0n) is 12.1. The molecule has 1 saturated heterocycles. The smallest absolute Gasteiger partial charge is 0.334 e. The largest absolute Gasteiger partial charge is 0.479 e. The highest BCUT2D eigenvalue weighted by molar-refractivity contribution is 5.86. The summed E-state index contributed by atoms with van der Waals surface area (Å²) in [6.07, 6.45) is -1.22. The fourth-order valence-electron chi connectivity index (χ4n) is 2.61. The number of carbonyl (C=O) groups is 2. The molecule has 1 N–H and O–H groups in total. The maximum absolute atomic E-state index is 12.4. The summed E-state index contributed by atoms with van der Waals surface area (Å²) in [5.74, 6) is -1.24. The third-order valence-corrected chi connectivity index (χ3v) is 3.66. The first-order valence-corrected chi connectivity index (χ1v) is 7.04. The molecule has 0 aliphatic carbocycles. The van der Waals surface area contributed by atoms with Crippen LogP contribution in [0.4, 0.5) is 0 Å². The molecule has 1 unspecified atom stereocenters. The molecule has 7 nitrogen and oxygen atoms in total. The SMILES string of the molecule is C[C@@H]1CN(C(=O)Cc2noc3ccccc23)CC(C(=O)O)O1. The Morgan fingerprint density at radius 2 is 2.14 bits per heavy atom. The molecule has 2 aromatic rings. The van der Waals surface area contributed by atoms with Crippen molar-refractivity contribution in [2.45, 2.75) is 25.6 Å². The number of morpholine rings is 1. The van der Waals surface area contributed by atoms with Crippen LogP contribution in [0.2, 0.25) is 0 Å². The predicted molar refractivity (Wildman–Crippen MR) is 76.3 cm³/mol. The van der Waals surface area contributed by atoms with Gasteiger partial charge in [-0.3, -0.25) is 4.79 Å². The van der Waals surface area contributed by atoms with Crippen molar-refractivity contribution in [3.8, 4) is 0 Å². The Kier molecular flexibility index (Phi) is 3.81. The number of fused-ring (bicyclic) bond motifs is 1. The van der Waals surface area contributed by atoms with Crippen LogP contribution in [-0.4, -0.2) is 52.3 Å². The lowest BCUT2D eigenvalue weighted by molar-refractivity contribution is -0.166. The van der Waals surface area contributed by atoms with Gasteiger partial charge in [0.15, 0.2) is 11.7 Å². The van der Waals surface area contributed by atoms with E-state index in [4.69, 9.17) is 14.4 Å². The van der Waals surface area contributed by atoms with Gasteiger partial charge in [-0.25, -0.2) is 4.79 Å². The Balaban J connectivity index is 1.75. The number of rotatable bonds is 3. The molecule has 0 spiro atoms. The number of hydrogen-bond donors (Lipinski definition) is 1. The number of nitrogens with zero attached hydrogens (tertiary/aromatic N) is 2. The van der Waals surface area contributed by atoms with Crippen molar-refractivity contribution in [1.82, 2.24) is 10.1 Å². The number of hydrogen-bond acceptors (Lipinski definition) is 5. The van der Waals surface area contributed by atoms with E-state index >= 15 is 0 Å². The molecule has 0 radical (unpaired) electrons. The number of ether oxygens (including phenoxy) is 1. The van der Waals surface area contributed by atoms with Crippen LogP contribution in [0.1, 0.15) is 12.6 Å². The number of carboxylic acid groups (broad SMARTS) is 1. The van der Waals surface area contributed by atoms with E-state index in [9.17, 15) is 9.59 Å². The molecule has 1 amide bonds. The number of benzene rings is 1. The first-order chi connectivity index (χ1) is 10.5. The zero-order chi connectivity index (χ0) is 15.7. The zero-order valence-corrected chi connectivity index (χ0v) is 12.1. The Morgan fingerprint density at radius 1 is 1.36 bits per heavy atom. The van der Waals surface area contributed by atoms with Crippen molar-refractivity contribution in [2.75, 3.05) is 13.1 Å². The molecule has 116 valence electrons. The Labute approximate surface area is 126 Å². The van der Waals surface area contributed by atoms with Crippen LogP contribution < -0.4 is 0 Å². The summed E-state index contributed by atoms with van der Waals surface area (Å²) in [5, 5.41) is 13.8. The minimum absolute atomic E-state index is 0.0499. The number of amides is 1. The Morgan fingerprint density at radius 3 is 2.91 bits per heavy atom. The summed E-state index contributed by atoms with van der Waals surface area (Å²) in [4.78, 5) is 25.0. The van der Waals surface area contributed by atoms with Crippen LogP contribution in [0.3, 0.4) is 0 Å². The monoisotopic (exact) mass is 304 g/mol. The second kappa shape index (κ2) is 5.76. The summed E-state index contributed by atoms with van der Waals surface area (Å²) in [6.45, 7) is 2.17. The van der Waals surface area contributed by atoms with Crippen LogP contribution in [0, 0.1) is 0 Å². The minimum atomic E-state index is -1.06. The van der Waals surface area contributed by atoms with Crippen LogP contribution in [-0.2, 0) is 20.7 Å². The second-order valence-corrected chi connectivity index (χ2v) is 5.37. The lowest BCUT2D eigenvalue weighted by Crippen LogP contribution is -2.52. The van der Waals surface area contributed by atoms with Crippen molar-refractivity contribution >= 4 is 22.8 Å². The van der Waals surface area contributed by atoms with Gasteiger partial charge in [0.1, 0.15) is 5.69 Å². The van der Waals surface area contributed by atoms with Gasteiger partial charge in [-0.2, -0.15) is 0 Å². The summed E-state index contributed by atoms with van der Waals surface area (Å²) in [6, 6.07) is 7.31. The van der Waals surface area contributed by atoms with Crippen LogP contribution in [0.5, 0.6) is 0 Å². The maximum atomic E-state index is 12.4. The van der Waals surface area contributed by atoms with E-state index < -0.39 is 12.1 Å². The highest BCUT2D eigenvalue weighted by Gasteiger charge is 2.32. The standard InChI is InChI=1S/C15H16N2O5/c1-9-7-17(8-13(21-9)15(19)20)14(18)6-11-10-4-2-3-5-12(10)22-16-11/h2-5,9,13H,6-8H2,1H3,(H,19,20)/t9-,13?/m1/s1. The molecular weight excluding hydrogens is 288 g/mol. The van der Waals surface area contributed by atoms with Crippen molar-refractivity contribution in [3.05, 3.63) is 30.0 Å². The van der Waals surface area contributed by atoms with Gasteiger partial charge in [0.05, 0.1) is 19.1 Å². The normalized spacial score (nSPS) is 22.0. The highest BCUT2D eigenvalue weighted by atomic mass is 16.5. The van der Waals surface area contributed by atoms with E-state index in [0.29, 0.717) is 17.8 Å². The number of carbonyl (C=O) groups excluding carboxylic acids is 1. The molecule has 2 heterocycles. The Hall–Kier alpha value is -2.41. The van der Waals surface area contributed by atoms with Gasteiger partial charge in [-0.15, -0.1) is 0 Å². The summed E-state index contributed by atoms with van der Waals surface area (Å²) in [7, 11) is 0. The molecule has 3 rings (SSSR count). The quantitative estimate of drug-likeness (QED) is 0.911. The average molecular weight is 304 g/mol. The molecule has 0 saturated carbocycles. The fraction of sp³-hybridized carbons (Fsp3) is 0.400. The van der Waals surface area contributed by atoms with Crippen molar-refractivity contribution in [3.63, 3.8) is 0 Å². The van der Waals surface area contributed by atoms with Crippen LogP contribution in [0.25, 0.3) is 11.0 Å². The molecule has 22 heavy (non-hydrogen) atoms. The highest BCUT2D eigenvalue weighted by Crippen LogP contribution is 2.20. The van der Waals surface area contributed by atoms with Gasteiger partial charge in [0.25, 0.3) is 0 Å². The Bertz CT molecular complexity index is 711. The number of aliphatic carboxylic acids is 1. The number of carboxylic acids is 1. The minimum Gasteiger partial charge on any atom is -0.479 e. The van der Waals surface area contributed by atoms with Crippen LogP contribution >= 0.6 is 0 Å². The van der Waals surface area contributed by atoms with Crippen molar-refractivity contribution < 1.29 is 24.0 Å². The van der Waals surface area contributed by atoms with Gasteiger partial charge in [-0.05, 0) is 19.1 Å². The van der Waals surface area contributed by atoms with E-state index in [1.807, 2.05) is 18.2 Å². The molecule has 1 fully saturated rings. The van der Waals surface area contributed by atoms with E-state index in [-0.39, 0.29) is 25.0 Å². The lowest BCUT2D eigenvalue weighted by atomic mass is 10.1. The van der Waals surface area contributed by atoms with Gasteiger partial charge < -0.3 is 19.3 Å². The van der Waals surface area contributed by atoms with E-state index in [0.717, 1.165) is 5.39 Å². The van der Waals surface area contributed by atoms with E-state index in [1.165, 1.54) is 4.90 Å². The van der Waals surface area contributed by atoms with Gasteiger partial charge in [0, 0.05) is 11.9 Å². The fourth-order valence-corrected chi connectivity index (χ4v) is 2.61. The van der Waals surface area contributed by atoms with E-state index in [2.05, 4.69) is 5.16 Å². The third kappa shape index (κ3) is 2.80. The molecule has 2 atom stereocenters. The van der Waals surface area contributed by atoms with Crippen molar-refractivity contribution in [1.29, 1.82) is 0 Å².